The molecular formula is C40H58O4. The second-order valence-corrected chi connectivity index (χ2v) is 17.0. The molecule has 5 aliphatic carbocycles. The summed E-state index contributed by atoms with van der Waals surface area (Å²) >= 11 is 0. The maximum absolute atomic E-state index is 13.1. The number of esters is 1. The normalized spacial score (nSPS) is 40.6. The first-order valence-corrected chi connectivity index (χ1v) is 17.6. The van der Waals surface area contributed by atoms with Gasteiger partial charge in [-0.25, -0.2) is 4.79 Å². The Bertz CT molecular complexity index is 1340. The van der Waals surface area contributed by atoms with E-state index in [4.69, 9.17) is 9.47 Å². The molecule has 4 nitrogen and oxygen atoms in total. The first-order chi connectivity index (χ1) is 20.7. The van der Waals surface area contributed by atoms with Crippen molar-refractivity contribution in [2.45, 2.75) is 125 Å². The zero-order valence-electron chi connectivity index (χ0n) is 28.8. The standard InChI is InChI=1S/C40H58O4/c1-26(2)10-9-11-27(3)29-18-20-38(7)33-16-15-32-36(4,5)34(19-21-39(32)25-40(33,39)23-22-37(29,38)6)44-35(42)17-13-28-12-14-30(41)31(24-28)43-8/h10,12-14,17,24,27,29,32-34,41H,9,11,15-16,18-23,25H2,1-8H3/b17-13+/t27-,29-,32+,33+,34+,37-,38+,39-,40+/m1/s1. The lowest BCUT2D eigenvalue weighted by Gasteiger charge is -2.63. The molecule has 44 heavy (non-hydrogen) atoms. The van der Waals surface area contributed by atoms with E-state index in [-0.39, 0.29) is 23.2 Å². The van der Waals surface area contributed by atoms with E-state index in [2.05, 4.69) is 54.5 Å². The monoisotopic (exact) mass is 602 g/mol. The molecule has 4 heteroatoms. The Morgan fingerprint density at radius 2 is 1.70 bits per heavy atom. The van der Waals surface area contributed by atoms with E-state index in [1.807, 2.05) is 0 Å². The van der Waals surface area contributed by atoms with Crippen molar-refractivity contribution in [3.63, 3.8) is 0 Å². The number of phenolic OH excluding ortho intramolecular Hbond substituents is 1. The lowest BCUT2D eigenvalue weighted by atomic mass is 9.41. The maximum atomic E-state index is 13.1. The van der Waals surface area contributed by atoms with Gasteiger partial charge in [-0.1, -0.05) is 52.3 Å². The van der Waals surface area contributed by atoms with Crippen molar-refractivity contribution in [1.29, 1.82) is 0 Å². The second-order valence-electron chi connectivity index (χ2n) is 17.0. The molecule has 9 atom stereocenters. The van der Waals surface area contributed by atoms with E-state index in [0.29, 0.717) is 33.3 Å². The lowest BCUT2D eigenvalue weighted by molar-refractivity contribution is -0.179. The number of carbonyl (C=O) groups excluding carboxylic acids is 1. The fourth-order valence-corrected chi connectivity index (χ4v) is 12.5. The zero-order chi connectivity index (χ0) is 31.7. The molecule has 2 spiro atoms. The van der Waals surface area contributed by atoms with Crippen LogP contribution in [0.25, 0.3) is 6.08 Å². The van der Waals surface area contributed by atoms with Crippen molar-refractivity contribution in [3.8, 4) is 11.5 Å². The summed E-state index contributed by atoms with van der Waals surface area (Å²) in [7, 11) is 1.53. The van der Waals surface area contributed by atoms with Crippen LogP contribution in [-0.2, 0) is 9.53 Å². The molecule has 5 aliphatic rings. The highest BCUT2D eigenvalue weighted by Crippen LogP contribution is 2.89. The molecule has 0 aromatic heterocycles. The Morgan fingerprint density at radius 1 is 0.977 bits per heavy atom. The smallest absolute Gasteiger partial charge is 0.331 e. The molecule has 5 fully saturated rings. The molecule has 0 heterocycles. The molecule has 1 N–H and O–H groups in total. The minimum Gasteiger partial charge on any atom is -0.504 e. The molecule has 5 saturated carbocycles. The van der Waals surface area contributed by atoms with Crippen molar-refractivity contribution in [3.05, 3.63) is 41.5 Å². The number of aromatic hydroxyl groups is 1. The summed E-state index contributed by atoms with van der Waals surface area (Å²) in [5.74, 6) is 3.33. The summed E-state index contributed by atoms with van der Waals surface area (Å²) in [6, 6.07) is 5.09. The largest absolute Gasteiger partial charge is 0.504 e. The zero-order valence-corrected chi connectivity index (χ0v) is 28.8. The summed E-state index contributed by atoms with van der Waals surface area (Å²) in [5.41, 5.74) is 4.08. The maximum Gasteiger partial charge on any atom is 0.331 e. The van der Waals surface area contributed by atoms with Gasteiger partial charge in [-0.2, -0.15) is 0 Å². The van der Waals surface area contributed by atoms with Crippen LogP contribution in [0.3, 0.4) is 0 Å². The Hall–Kier alpha value is -2.23. The highest BCUT2D eigenvalue weighted by atomic mass is 16.5. The minimum atomic E-state index is -0.276. The highest BCUT2D eigenvalue weighted by Gasteiger charge is 2.82. The molecule has 1 aromatic carbocycles. The van der Waals surface area contributed by atoms with Gasteiger partial charge in [0.2, 0.25) is 0 Å². The van der Waals surface area contributed by atoms with Crippen LogP contribution in [-0.4, -0.2) is 24.3 Å². The summed E-state index contributed by atoms with van der Waals surface area (Å²) < 4.78 is 11.4. The van der Waals surface area contributed by atoms with E-state index >= 15 is 0 Å². The Balaban J connectivity index is 1.15. The molecule has 0 amide bonds. The number of rotatable bonds is 8. The van der Waals surface area contributed by atoms with Crippen LogP contribution in [0.4, 0.5) is 0 Å². The lowest BCUT2D eigenvalue weighted by Crippen LogP contribution is -2.58. The molecule has 0 aliphatic heterocycles. The van der Waals surface area contributed by atoms with Crippen LogP contribution in [0.1, 0.15) is 125 Å². The average Bonchev–Trinajstić information content (AvgIpc) is 3.55. The summed E-state index contributed by atoms with van der Waals surface area (Å²) in [6.07, 6.45) is 20.1. The van der Waals surface area contributed by atoms with E-state index in [1.54, 1.807) is 24.3 Å². The Morgan fingerprint density at radius 3 is 2.43 bits per heavy atom. The molecule has 6 rings (SSSR count). The minimum absolute atomic E-state index is 0.0305. The first-order valence-electron chi connectivity index (χ1n) is 17.6. The fourth-order valence-electron chi connectivity index (χ4n) is 12.5. The first kappa shape index (κ1) is 31.7. The van der Waals surface area contributed by atoms with Gasteiger partial charge in [0.15, 0.2) is 11.5 Å². The van der Waals surface area contributed by atoms with Crippen molar-refractivity contribution in [1.82, 2.24) is 0 Å². The van der Waals surface area contributed by atoms with Gasteiger partial charge < -0.3 is 14.6 Å². The number of phenols is 1. The number of hydrogen-bond donors (Lipinski definition) is 1. The van der Waals surface area contributed by atoms with Gasteiger partial charge in [0, 0.05) is 11.5 Å². The number of hydrogen-bond acceptors (Lipinski definition) is 4. The number of fused-ring (bicyclic) bond motifs is 2. The van der Waals surface area contributed by atoms with E-state index in [1.165, 1.54) is 83.0 Å². The van der Waals surface area contributed by atoms with Crippen molar-refractivity contribution in [2.24, 2.45) is 50.7 Å². The van der Waals surface area contributed by atoms with Gasteiger partial charge in [-0.3, -0.25) is 0 Å². The van der Waals surface area contributed by atoms with E-state index < -0.39 is 0 Å². The predicted octanol–water partition coefficient (Wildman–Crippen LogP) is 10.1. The SMILES string of the molecule is COc1cc(/C=C/C(=O)O[C@H]2CC[C@]34C[C@]35CC[C@]3(C)[C@@H]([C@H](C)CCC=C(C)C)CC[C@@]3(C)[C@@H]5CC[C@H]4C2(C)C)ccc1O. The highest BCUT2D eigenvalue weighted by molar-refractivity contribution is 5.87. The second kappa shape index (κ2) is 10.9. The molecule has 0 bridgehead atoms. The topological polar surface area (TPSA) is 55.8 Å². The Labute approximate surface area is 267 Å². The quantitative estimate of drug-likeness (QED) is 0.183. The molecule has 1 aromatic rings. The van der Waals surface area contributed by atoms with Gasteiger partial charge in [0.25, 0.3) is 0 Å². The predicted molar refractivity (Wildman–Crippen MR) is 178 cm³/mol. The summed E-state index contributed by atoms with van der Waals surface area (Å²) in [4.78, 5) is 13.1. The van der Waals surface area contributed by atoms with E-state index in [0.717, 1.165) is 29.7 Å². The van der Waals surface area contributed by atoms with Crippen LogP contribution in [0.2, 0.25) is 0 Å². The number of allylic oxidation sites excluding steroid dienone is 2. The van der Waals surface area contributed by atoms with Crippen LogP contribution in [0.5, 0.6) is 11.5 Å². The van der Waals surface area contributed by atoms with Gasteiger partial charge in [-0.15, -0.1) is 0 Å². The van der Waals surface area contributed by atoms with Gasteiger partial charge in [0.05, 0.1) is 7.11 Å². The van der Waals surface area contributed by atoms with Crippen LogP contribution in [0, 0.1) is 50.7 Å². The third-order valence-electron chi connectivity index (χ3n) is 14.8. The number of carbonyl (C=O) groups is 1. The van der Waals surface area contributed by atoms with Gasteiger partial charge >= 0.3 is 5.97 Å². The fraction of sp³-hybridized carbons (Fsp3) is 0.725. The summed E-state index contributed by atoms with van der Waals surface area (Å²) in [6.45, 7) is 17.2. The van der Waals surface area contributed by atoms with Crippen LogP contribution in [0.15, 0.2) is 35.9 Å². The molecule has 0 unspecified atom stereocenters. The third-order valence-corrected chi connectivity index (χ3v) is 14.8. The number of ether oxygens (including phenoxy) is 2. The number of benzene rings is 1. The van der Waals surface area contributed by atoms with Gasteiger partial charge in [0.1, 0.15) is 6.10 Å². The molecule has 242 valence electrons. The summed E-state index contributed by atoms with van der Waals surface area (Å²) in [5, 5.41) is 9.88. The molecule has 0 radical (unpaired) electrons. The van der Waals surface area contributed by atoms with Crippen molar-refractivity contribution >= 4 is 12.0 Å². The molecule has 0 saturated heterocycles. The van der Waals surface area contributed by atoms with Crippen LogP contribution < -0.4 is 4.74 Å². The molecular weight excluding hydrogens is 544 g/mol. The van der Waals surface area contributed by atoms with Crippen LogP contribution >= 0.6 is 0 Å². The van der Waals surface area contributed by atoms with Crippen molar-refractivity contribution in [2.75, 3.05) is 7.11 Å². The number of methoxy groups -OCH3 is 1. The average molecular weight is 603 g/mol. The van der Waals surface area contributed by atoms with E-state index in [9.17, 15) is 9.90 Å². The van der Waals surface area contributed by atoms with Gasteiger partial charge in [-0.05, 0) is 154 Å². The van der Waals surface area contributed by atoms with Crippen molar-refractivity contribution < 1.29 is 19.4 Å². The Kier molecular flexibility index (Phi) is 7.89. The third kappa shape index (κ3) is 4.62.